The zero-order chi connectivity index (χ0) is 13.3. The molecular weight excluding hydrogens is 227 g/mol. The molecule has 1 aromatic rings. The molecule has 0 saturated heterocycles. The fourth-order valence-electron chi connectivity index (χ4n) is 0.817. The van der Waals surface area contributed by atoms with Crippen LogP contribution in [0, 0.1) is 5.92 Å². The molecule has 1 N–H and O–H groups in total. The predicted octanol–water partition coefficient (Wildman–Crippen LogP) is -0.217. The molecule has 0 aromatic heterocycles. The zero-order valence-corrected chi connectivity index (χ0v) is 11.7. The van der Waals surface area contributed by atoms with Gasteiger partial charge in [-0.1, -0.05) is 0 Å². The van der Waals surface area contributed by atoms with Crippen LogP contribution in [-0.4, -0.2) is 24.8 Å². The Morgan fingerprint density at radius 3 is 1.89 bits per heavy atom. The Labute approximate surface area is 120 Å². The first-order valence-corrected chi connectivity index (χ1v) is 5.21. The van der Waals surface area contributed by atoms with Crippen LogP contribution in [0.2, 0.25) is 0 Å². The Bertz CT molecular complexity index is 320. The largest absolute Gasteiger partial charge is 1.00 e. The number of aliphatic carboxylic acids is 1. The first kappa shape index (κ1) is 19.2. The van der Waals surface area contributed by atoms with E-state index < -0.39 is 5.97 Å². The number of carbonyl (C=O) groups is 1. The first-order valence-electron chi connectivity index (χ1n) is 5.21. The molecule has 0 radical (unpaired) electrons. The van der Waals surface area contributed by atoms with Crippen molar-refractivity contribution in [3.05, 3.63) is 30.2 Å². The van der Waals surface area contributed by atoms with Crippen molar-refractivity contribution in [3.8, 4) is 11.5 Å². The molecule has 0 aliphatic carbocycles. The number of rotatable bonds is 4. The second-order valence-electron chi connectivity index (χ2n) is 3.86. The molecule has 96 valence electrons. The summed E-state index contributed by atoms with van der Waals surface area (Å²) in [4.78, 5) is 10.1. The fraction of sp³-hybridized carbons (Fsp3) is 0.385. The number of carboxylic acids is 1. The molecule has 0 spiro atoms. The van der Waals surface area contributed by atoms with Crippen LogP contribution in [0.15, 0.2) is 24.3 Å². The molecule has 0 aliphatic rings. The number of ether oxygens (including phenoxy) is 2. The van der Waals surface area contributed by atoms with Gasteiger partial charge in [-0.25, -0.2) is 4.79 Å². The van der Waals surface area contributed by atoms with E-state index in [4.69, 9.17) is 14.6 Å². The Kier molecular flexibility index (Phi) is 11.8. The zero-order valence-electron chi connectivity index (χ0n) is 11.7. The van der Waals surface area contributed by atoms with Gasteiger partial charge in [0.05, 0.1) is 7.11 Å². The third-order valence-electron chi connectivity index (χ3n) is 1.42. The van der Waals surface area contributed by atoms with E-state index in [-0.39, 0.29) is 25.5 Å². The van der Waals surface area contributed by atoms with E-state index in [1.807, 2.05) is 0 Å². The Morgan fingerprint density at radius 1 is 1.17 bits per heavy atom. The van der Waals surface area contributed by atoms with Gasteiger partial charge >= 0.3 is 24.8 Å². The quantitative estimate of drug-likeness (QED) is 0.589. The number of benzene rings is 1. The average molecular weight is 246 g/mol. The summed E-state index contributed by atoms with van der Waals surface area (Å²) in [6.45, 7) is 5.92. The normalized spacial score (nSPS) is 8.72. The van der Waals surface area contributed by atoms with E-state index in [0.717, 1.165) is 0 Å². The van der Waals surface area contributed by atoms with Gasteiger partial charge in [0.25, 0.3) is 0 Å². The Morgan fingerprint density at radius 2 is 1.56 bits per heavy atom. The Hall–Kier alpha value is -1.11. The molecule has 0 unspecified atom stereocenters. The molecule has 0 heterocycles. The van der Waals surface area contributed by atoms with E-state index in [1.54, 1.807) is 31.4 Å². The summed E-state index contributed by atoms with van der Waals surface area (Å²) in [5, 5.41) is 8.33. The van der Waals surface area contributed by atoms with Crippen LogP contribution in [-0.2, 0) is 4.79 Å². The van der Waals surface area contributed by atoms with Gasteiger partial charge in [0.15, 0.2) is 6.61 Å². The van der Waals surface area contributed by atoms with Crippen molar-refractivity contribution in [3.63, 3.8) is 0 Å². The number of carboxylic acid groups (broad SMARTS) is 1. The predicted molar refractivity (Wildman–Crippen MR) is 66.4 cm³/mol. The third-order valence-corrected chi connectivity index (χ3v) is 1.42. The molecule has 4 nitrogen and oxygen atoms in total. The van der Waals surface area contributed by atoms with Crippen LogP contribution in [0.1, 0.15) is 20.8 Å². The van der Waals surface area contributed by atoms with Gasteiger partial charge in [-0.3, -0.25) is 0 Å². The van der Waals surface area contributed by atoms with Crippen molar-refractivity contribution < 1.29 is 38.2 Å². The van der Waals surface area contributed by atoms with E-state index in [9.17, 15) is 4.79 Å². The summed E-state index contributed by atoms with van der Waals surface area (Å²) in [5.41, 5.74) is 0. The van der Waals surface area contributed by atoms with Crippen molar-refractivity contribution in [1.82, 2.24) is 0 Å². The van der Waals surface area contributed by atoms with Gasteiger partial charge < -0.3 is 20.5 Å². The average Bonchev–Trinajstić information content (AvgIpc) is 2.26. The van der Waals surface area contributed by atoms with Gasteiger partial charge in [0.2, 0.25) is 0 Å². The van der Waals surface area contributed by atoms with E-state index >= 15 is 0 Å². The summed E-state index contributed by atoms with van der Waals surface area (Å²) in [5.74, 6) is 1.65. The van der Waals surface area contributed by atoms with Crippen LogP contribution < -0.4 is 28.3 Å². The second-order valence-corrected chi connectivity index (χ2v) is 3.86. The molecule has 18 heavy (non-hydrogen) atoms. The van der Waals surface area contributed by atoms with Gasteiger partial charge in [0.1, 0.15) is 11.5 Å². The summed E-state index contributed by atoms with van der Waals surface area (Å²) in [6, 6.07) is 6.72. The third kappa shape index (κ3) is 11.4. The van der Waals surface area contributed by atoms with Crippen molar-refractivity contribution >= 4 is 5.97 Å². The fourth-order valence-corrected chi connectivity index (χ4v) is 0.817. The Balaban J connectivity index is 0. The summed E-state index contributed by atoms with van der Waals surface area (Å²) in [6.07, 6.45) is 0. The van der Waals surface area contributed by atoms with Crippen molar-refractivity contribution in [2.75, 3.05) is 13.7 Å². The maximum Gasteiger partial charge on any atom is 1.00 e. The molecule has 5 heteroatoms. The van der Waals surface area contributed by atoms with E-state index in [2.05, 4.69) is 20.8 Å². The summed E-state index contributed by atoms with van der Waals surface area (Å²) < 4.78 is 9.83. The van der Waals surface area contributed by atoms with Gasteiger partial charge in [-0.05, 0) is 24.3 Å². The van der Waals surface area contributed by atoms with Crippen molar-refractivity contribution in [1.29, 1.82) is 0 Å². The maximum atomic E-state index is 10.1. The van der Waals surface area contributed by atoms with Crippen molar-refractivity contribution in [2.45, 2.75) is 20.8 Å². The minimum atomic E-state index is -0.990. The smallest absolute Gasteiger partial charge is 0.497 e. The van der Waals surface area contributed by atoms with Crippen LogP contribution in [0.25, 0.3) is 0 Å². The monoisotopic (exact) mass is 246 g/mol. The standard InChI is InChI=1S/C9H10O4.C4H9.Li/c1-12-7-2-4-8(5-3-7)13-6-9(10)11;1-4(2)3;/h2-5H,6H2,1H3,(H,10,11);1-3H3;/q;-1;+1. The molecule has 0 saturated carbocycles. The molecule has 0 atom stereocenters. The molecule has 1 aromatic carbocycles. The summed E-state index contributed by atoms with van der Waals surface area (Å²) in [7, 11) is 1.56. The van der Waals surface area contributed by atoms with Crippen LogP contribution >= 0.6 is 0 Å². The van der Waals surface area contributed by atoms with Crippen LogP contribution in [0.5, 0.6) is 11.5 Å². The minimum absolute atomic E-state index is 0. The SMILES string of the molecule is COc1ccc(OCC(=O)O)cc1.C[C-](C)C.[Li+]. The van der Waals surface area contributed by atoms with E-state index in [1.165, 1.54) is 5.92 Å². The van der Waals surface area contributed by atoms with Crippen molar-refractivity contribution in [2.24, 2.45) is 0 Å². The molecule has 0 fully saturated rings. The first-order chi connectivity index (χ1) is 7.95. The number of hydrogen-bond donors (Lipinski definition) is 1. The topological polar surface area (TPSA) is 55.8 Å². The molecular formula is C13H19LiO4. The minimum Gasteiger partial charge on any atom is -0.497 e. The molecule has 1 rings (SSSR count). The molecule has 0 aliphatic heterocycles. The van der Waals surface area contributed by atoms with Gasteiger partial charge in [-0.2, -0.15) is 20.8 Å². The van der Waals surface area contributed by atoms with E-state index in [0.29, 0.717) is 11.5 Å². The van der Waals surface area contributed by atoms with Gasteiger partial charge in [-0.15, -0.1) is 0 Å². The van der Waals surface area contributed by atoms with Crippen LogP contribution in [0.4, 0.5) is 0 Å². The van der Waals surface area contributed by atoms with Crippen LogP contribution in [0.3, 0.4) is 0 Å². The maximum absolute atomic E-state index is 10.1. The molecule has 0 bridgehead atoms. The number of methoxy groups -OCH3 is 1. The number of hydrogen-bond acceptors (Lipinski definition) is 3. The van der Waals surface area contributed by atoms with Gasteiger partial charge in [0, 0.05) is 0 Å². The summed E-state index contributed by atoms with van der Waals surface area (Å²) >= 11 is 0. The second kappa shape index (κ2) is 11.0. The molecule has 0 amide bonds.